The average molecular weight is 453 g/mol. The monoisotopic (exact) mass is 452 g/mol. The molecule has 1 fully saturated rings. The van der Waals surface area contributed by atoms with Crippen molar-refractivity contribution in [3.05, 3.63) is 36.4 Å². The van der Waals surface area contributed by atoms with E-state index >= 15 is 0 Å². The molecule has 0 unspecified atom stereocenters. The van der Waals surface area contributed by atoms with Crippen molar-refractivity contribution in [1.29, 1.82) is 0 Å². The number of nitrogen functional groups attached to an aromatic ring is 1. The molecule has 0 aliphatic heterocycles. The van der Waals surface area contributed by atoms with Gasteiger partial charge in [-0.05, 0) is 38.3 Å². The summed E-state index contributed by atoms with van der Waals surface area (Å²) in [5, 5.41) is 6.06. The van der Waals surface area contributed by atoms with Crippen LogP contribution in [-0.4, -0.2) is 38.1 Å². The zero-order valence-electron chi connectivity index (χ0n) is 19.1. The third-order valence-corrected chi connectivity index (χ3v) is 5.77. The van der Waals surface area contributed by atoms with Crippen LogP contribution in [0.15, 0.2) is 30.6 Å². The number of rotatable bonds is 9. The molecule has 10 heteroatoms. The highest BCUT2D eigenvalue weighted by Crippen LogP contribution is 2.28. The molecule has 3 aromatic rings. The summed E-state index contributed by atoms with van der Waals surface area (Å²) >= 11 is 0. The Morgan fingerprint density at radius 3 is 2.88 bits per heavy atom. The third kappa shape index (κ3) is 5.51. The molecule has 176 valence electrons. The van der Waals surface area contributed by atoms with Gasteiger partial charge in [0.05, 0.1) is 5.52 Å². The minimum Gasteiger partial charge on any atom is -0.382 e. The molecule has 3 heterocycles. The fraction of sp³-hybridized carbons (Fsp3) is 0.478. The average Bonchev–Trinajstić information content (AvgIpc) is 3.16. The number of hydrogen-bond donors (Lipinski definition) is 4. The van der Waals surface area contributed by atoms with E-state index in [1.54, 1.807) is 6.20 Å². The van der Waals surface area contributed by atoms with Crippen LogP contribution in [0, 0.1) is 0 Å². The molecule has 5 N–H and O–H groups in total. The number of nitrogens with two attached hydrogens (primary N) is 1. The Morgan fingerprint density at radius 2 is 2.09 bits per heavy atom. The number of aryl methyl sites for hydroxylation is 1. The number of imidazole rings is 1. The number of pyridine rings is 2. The second-order valence-corrected chi connectivity index (χ2v) is 8.50. The van der Waals surface area contributed by atoms with Crippen LogP contribution in [-0.2, 0) is 18.0 Å². The number of nitrogens with one attached hydrogen (secondary N) is 3. The van der Waals surface area contributed by atoms with Crippen molar-refractivity contribution in [2.45, 2.75) is 64.6 Å². The SMILES string of the molecule is C=C(C)NOCc1nc2c(N)nc3cccnc3c2n1CCCNC(=O)NC1CCCCC1. The highest BCUT2D eigenvalue weighted by atomic mass is 16.6. The minimum atomic E-state index is -0.104. The molecule has 3 aromatic heterocycles. The number of anilines is 1. The Hall–Kier alpha value is -3.40. The molecule has 2 amide bonds. The number of carbonyl (C=O) groups is 1. The van der Waals surface area contributed by atoms with E-state index < -0.39 is 0 Å². The van der Waals surface area contributed by atoms with Crippen LogP contribution < -0.4 is 21.8 Å². The summed E-state index contributed by atoms with van der Waals surface area (Å²) in [6.45, 7) is 6.95. The van der Waals surface area contributed by atoms with E-state index in [-0.39, 0.29) is 18.7 Å². The summed E-state index contributed by atoms with van der Waals surface area (Å²) in [5.74, 6) is 1.04. The Balaban J connectivity index is 1.49. The lowest BCUT2D eigenvalue weighted by Crippen LogP contribution is -2.43. The first-order valence-corrected chi connectivity index (χ1v) is 11.5. The molecule has 1 aliphatic carbocycles. The topological polar surface area (TPSA) is 132 Å². The molecular formula is C23H32N8O2. The lowest BCUT2D eigenvalue weighted by molar-refractivity contribution is 0.0438. The van der Waals surface area contributed by atoms with Crippen molar-refractivity contribution in [2.24, 2.45) is 0 Å². The first-order chi connectivity index (χ1) is 16.0. The van der Waals surface area contributed by atoms with Gasteiger partial charge in [0.25, 0.3) is 0 Å². The van der Waals surface area contributed by atoms with Gasteiger partial charge in [0.2, 0.25) is 0 Å². The largest absolute Gasteiger partial charge is 0.382 e. The van der Waals surface area contributed by atoms with Crippen molar-refractivity contribution in [3.63, 3.8) is 0 Å². The molecule has 4 rings (SSSR count). The van der Waals surface area contributed by atoms with Gasteiger partial charge >= 0.3 is 6.03 Å². The number of nitrogens with zero attached hydrogens (tertiary/aromatic N) is 4. The molecular weight excluding hydrogens is 420 g/mol. The fourth-order valence-electron chi connectivity index (χ4n) is 4.27. The number of hydrogen-bond acceptors (Lipinski definition) is 7. The summed E-state index contributed by atoms with van der Waals surface area (Å²) in [4.78, 5) is 31.5. The number of hydroxylamine groups is 1. The maximum absolute atomic E-state index is 12.3. The first kappa shape index (κ1) is 22.8. The summed E-state index contributed by atoms with van der Waals surface area (Å²) in [7, 11) is 0. The normalized spacial score (nSPS) is 14.5. The molecule has 1 saturated carbocycles. The van der Waals surface area contributed by atoms with Gasteiger partial charge in [0.15, 0.2) is 5.82 Å². The third-order valence-electron chi connectivity index (χ3n) is 5.77. The highest BCUT2D eigenvalue weighted by molar-refractivity contribution is 6.04. The first-order valence-electron chi connectivity index (χ1n) is 11.5. The van der Waals surface area contributed by atoms with Gasteiger partial charge in [-0.3, -0.25) is 15.3 Å². The van der Waals surface area contributed by atoms with Gasteiger partial charge in [0.1, 0.15) is 29.0 Å². The summed E-state index contributed by atoms with van der Waals surface area (Å²) in [6, 6.07) is 3.89. The maximum Gasteiger partial charge on any atom is 0.315 e. The second-order valence-electron chi connectivity index (χ2n) is 8.50. The van der Waals surface area contributed by atoms with Crippen LogP contribution in [0.4, 0.5) is 10.6 Å². The van der Waals surface area contributed by atoms with E-state index in [1.807, 2.05) is 23.6 Å². The van der Waals surface area contributed by atoms with Gasteiger partial charge in [-0.15, -0.1) is 0 Å². The van der Waals surface area contributed by atoms with Gasteiger partial charge < -0.3 is 20.9 Å². The number of fused-ring (bicyclic) bond motifs is 3. The summed E-state index contributed by atoms with van der Waals surface area (Å²) < 4.78 is 2.05. The number of allylic oxidation sites excluding steroid dienone is 1. The molecule has 0 bridgehead atoms. The molecule has 33 heavy (non-hydrogen) atoms. The van der Waals surface area contributed by atoms with Crippen LogP contribution in [0.2, 0.25) is 0 Å². The van der Waals surface area contributed by atoms with E-state index in [0.29, 0.717) is 47.9 Å². The van der Waals surface area contributed by atoms with E-state index in [1.165, 1.54) is 19.3 Å². The maximum atomic E-state index is 12.3. The van der Waals surface area contributed by atoms with Crippen molar-refractivity contribution in [2.75, 3.05) is 12.3 Å². The second kappa shape index (κ2) is 10.5. The van der Waals surface area contributed by atoms with E-state index in [9.17, 15) is 4.79 Å². The van der Waals surface area contributed by atoms with Crippen LogP contribution in [0.5, 0.6) is 0 Å². The van der Waals surface area contributed by atoms with Gasteiger partial charge in [-0.25, -0.2) is 14.8 Å². The number of aromatic nitrogens is 4. The van der Waals surface area contributed by atoms with Crippen molar-refractivity contribution in [3.8, 4) is 0 Å². The van der Waals surface area contributed by atoms with Crippen LogP contribution in [0.25, 0.3) is 22.1 Å². The van der Waals surface area contributed by atoms with Crippen molar-refractivity contribution < 1.29 is 9.63 Å². The van der Waals surface area contributed by atoms with Crippen LogP contribution in [0.3, 0.4) is 0 Å². The van der Waals surface area contributed by atoms with Crippen molar-refractivity contribution in [1.82, 2.24) is 35.6 Å². The molecule has 10 nitrogen and oxygen atoms in total. The van der Waals surface area contributed by atoms with E-state index in [2.05, 4.69) is 32.7 Å². The van der Waals surface area contributed by atoms with Crippen LogP contribution >= 0.6 is 0 Å². The molecule has 0 spiro atoms. The Bertz CT molecular complexity index is 1140. The number of carbonyl (C=O) groups excluding carboxylic acids is 1. The Morgan fingerprint density at radius 1 is 1.27 bits per heavy atom. The highest BCUT2D eigenvalue weighted by Gasteiger charge is 2.19. The molecule has 0 atom stereocenters. The summed E-state index contributed by atoms with van der Waals surface area (Å²) in [6.07, 6.45) is 8.19. The number of urea groups is 1. The van der Waals surface area contributed by atoms with Crippen molar-refractivity contribution >= 4 is 33.9 Å². The van der Waals surface area contributed by atoms with Gasteiger partial charge in [-0.2, -0.15) is 0 Å². The van der Waals surface area contributed by atoms with E-state index in [4.69, 9.17) is 15.6 Å². The fourth-order valence-corrected chi connectivity index (χ4v) is 4.27. The Labute approximate surface area is 193 Å². The predicted molar refractivity (Wildman–Crippen MR) is 128 cm³/mol. The lowest BCUT2D eigenvalue weighted by Gasteiger charge is -2.22. The summed E-state index contributed by atoms with van der Waals surface area (Å²) in [5.41, 5.74) is 12.5. The molecule has 1 aliphatic rings. The molecule has 0 saturated heterocycles. The quantitative estimate of drug-likeness (QED) is 0.290. The minimum absolute atomic E-state index is 0.104. The van der Waals surface area contributed by atoms with Gasteiger partial charge in [-0.1, -0.05) is 25.8 Å². The lowest BCUT2D eigenvalue weighted by atomic mass is 9.96. The zero-order chi connectivity index (χ0) is 23.2. The molecule has 0 aromatic carbocycles. The van der Waals surface area contributed by atoms with Gasteiger partial charge in [0, 0.05) is 31.0 Å². The zero-order valence-corrected chi connectivity index (χ0v) is 19.1. The predicted octanol–water partition coefficient (Wildman–Crippen LogP) is 3.14. The standard InChI is InChI=1S/C23H32N8O2/c1-15(2)30-33-14-18-29-20-21(19-17(28-22(20)24)10-6-11-25-19)31(18)13-7-12-26-23(32)27-16-8-4-3-5-9-16/h6,10-11,16,30H,1,3-5,7-9,12-14H2,2H3,(H2,24,28)(H2,26,27,32). The smallest absolute Gasteiger partial charge is 0.315 e. The Kier molecular flexibility index (Phi) is 7.23. The molecule has 0 radical (unpaired) electrons. The van der Waals surface area contributed by atoms with Crippen LogP contribution in [0.1, 0.15) is 51.3 Å². The number of amides is 2. The van der Waals surface area contributed by atoms with E-state index in [0.717, 1.165) is 23.9 Å².